The van der Waals surface area contributed by atoms with Crippen molar-refractivity contribution in [2.75, 3.05) is 13.2 Å². The van der Waals surface area contributed by atoms with Crippen molar-refractivity contribution in [3.63, 3.8) is 0 Å². The molecule has 0 aliphatic carbocycles. The van der Waals surface area contributed by atoms with Gasteiger partial charge in [0.15, 0.2) is 6.04 Å². The third-order valence-corrected chi connectivity index (χ3v) is 5.42. The molecule has 1 aliphatic heterocycles. The average Bonchev–Trinajstić information content (AvgIpc) is 3.12. The Balaban J connectivity index is 1.87. The molecule has 0 spiro atoms. The number of hydrogen-bond donors (Lipinski definition) is 1. The molecule has 1 saturated heterocycles. The Labute approximate surface area is 175 Å². The van der Waals surface area contributed by atoms with Crippen LogP contribution in [0.15, 0.2) is 36.4 Å². The Morgan fingerprint density at radius 2 is 1.80 bits per heavy atom. The van der Waals surface area contributed by atoms with Crippen LogP contribution < -0.4 is 10.2 Å². The van der Waals surface area contributed by atoms with Gasteiger partial charge in [-0.25, -0.2) is 5.01 Å². The van der Waals surface area contributed by atoms with Crippen molar-refractivity contribution in [1.82, 2.24) is 10.4 Å². The highest BCUT2D eigenvalue weighted by Gasteiger charge is 2.48. The molecule has 3 rings (SSSR count). The highest BCUT2D eigenvalue weighted by atomic mass is 19.4. The lowest BCUT2D eigenvalue weighted by Gasteiger charge is -2.31. The molecule has 1 heterocycles. The third kappa shape index (κ3) is 5.45. The van der Waals surface area contributed by atoms with E-state index in [0.29, 0.717) is 12.0 Å². The predicted octanol–water partition coefficient (Wildman–Crippen LogP) is 5.92. The summed E-state index contributed by atoms with van der Waals surface area (Å²) in [5.41, 5.74) is 2.39. The van der Waals surface area contributed by atoms with Crippen LogP contribution in [-0.4, -0.2) is 30.2 Å². The van der Waals surface area contributed by atoms with Crippen molar-refractivity contribution in [2.45, 2.75) is 64.1 Å². The molecule has 0 saturated carbocycles. The van der Waals surface area contributed by atoms with Crippen LogP contribution in [0, 0.1) is 0 Å². The van der Waals surface area contributed by atoms with Crippen LogP contribution in [0.1, 0.15) is 63.5 Å². The molecule has 164 valence electrons. The van der Waals surface area contributed by atoms with Crippen molar-refractivity contribution < 1.29 is 22.7 Å². The van der Waals surface area contributed by atoms with Crippen LogP contribution in [0.2, 0.25) is 0 Å². The van der Waals surface area contributed by atoms with Crippen LogP contribution in [0.5, 0.6) is 5.75 Å². The molecule has 1 aliphatic rings. The smallest absolute Gasteiger partial charge is 0.410 e. The molecule has 2 aromatic rings. The first-order chi connectivity index (χ1) is 14.4. The van der Waals surface area contributed by atoms with Gasteiger partial charge in [-0.1, -0.05) is 75.4 Å². The summed E-state index contributed by atoms with van der Waals surface area (Å²) in [6, 6.07) is 8.49. The number of nitrogens with one attached hydrogen (secondary N) is 1. The highest BCUT2D eigenvalue weighted by molar-refractivity contribution is 5.90. The second kappa shape index (κ2) is 10.2. The number of hydrogen-bond acceptors (Lipinski definition) is 3. The number of halogens is 3. The van der Waals surface area contributed by atoms with Gasteiger partial charge >= 0.3 is 6.18 Å². The molecule has 1 N–H and O–H groups in total. The molecule has 1 amide bonds. The van der Waals surface area contributed by atoms with Crippen molar-refractivity contribution in [1.29, 1.82) is 0 Å². The van der Waals surface area contributed by atoms with Crippen LogP contribution in [0.25, 0.3) is 10.8 Å². The van der Waals surface area contributed by atoms with Crippen LogP contribution in [0.4, 0.5) is 13.2 Å². The number of ether oxygens (including phenoxy) is 1. The van der Waals surface area contributed by atoms with Gasteiger partial charge in [-0.05, 0) is 11.8 Å². The maximum atomic E-state index is 14.1. The molecule has 1 fully saturated rings. The van der Waals surface area contributed by atoms with Gasteiger partial charge in [-0.3, -0.25) is 10.2 Å². The lowest BCUT2D eigenvalue weighted by molar-refractivity contribution is -0.191. The zero-order valence-electron chi connectivity index (χ0n) is 17.3. The monoisotopic (exact) mass is 422 g/mol. The molecule has 1 atom stereocenters. The maximum Gasteiger partial charge on any atom is 0.410 e. The van der Waals surface area contributed by atoms with E-state index in [0.717, 1.165) is 29.7 Å². The van der Waals surface area contributed by atoms with Crippen molar-refractivity contribution in [2.24, 2.45) is 0 Å². The predicted molar refractivity (Wildman–Crippen MR) is 111 cm³/mol. The van der Waals surface area contributed by atoms with E-state index in [1.54, 1.807) is 18.2 Å². The van der Waals surface area contributed by atoms with Gasteiger partial charge in [0.05, 0.1) is 6.61 Å². The number of benzene rings is 2. The van der Waals surface area contributed by atoms with E-state index >= 15 is 0 Å². The first kappa shape index (κ1) is 22.4. The Bertz CT molecular complexity index is 854. The van der Waals surface area contributed by atoms with Crippen LogP contribution in [0.3, 0.4) is 0 Å². The minimum Gasteiger partial charge on any atom is -0.493 e. The van der Waals surface area contributed by atoms with E-state index < -0.39 is 18.1 Å². The summed E-state index contributed by atoms with van der Waals surface area (Å²) >= 11 is 0. The molecule has 4 nitrogen and oxygen atoms in total. The van der Waals surface area contributed by atoms with Crippen molar-refractivity contribution >= 4 is 16.7 Å². The molecule has 30 heavy (non-hydrogen) atoms. The van der Waals surface area contributed by atoms with E-state index in [1.807, 2.05) is 12.1 Å². The van der Waals surface area contributed by atoms with Gasteiger partial charge in [-0.15, -0.1) is 0 Å². The first-order valence-electron chi connectivity index (χ1n) is 10.7. The zero-order valence-corrected chi connectivity index (χ0v) is 17.3. The highest BCUT2D eigenvalue weighted by Crippen LogP contribution is 2.44. The summed E-state index contributed by atoms with van der Waals surface area (Å²) < 4.78 is 48.2. The fourth-order valence-electron chi connectivity index (χ4n) is 3.90. The molecule has 2 aromatic carbocycles. The van der Waals surface area contributed by atoms with Gasteiger partial charge in [0.25, 0.3) is 0 Å². The number of rotatable bonds is 10. The molecular weight excluding hydrogens is 393 g/mol. The largest absolute Gasteiger partial charge is 0.493 e. The van der Waals surface area contributed by atoms with Crippen LogP contribution in [-0.2, 0) is 4.79 Å². The van der Waals surface area contributed by atoms with E-state index in [9.17, 15) is 18.0 Å². The van der Waals surface area contributed by atoms with Crippen molar-refractivity contribution in [3.8, 4) is 5.75 Å². The molecule has 0 aromatic heterocycles. The molecule has 7 heteroatoms. The number of carbonyl (C=O) groups excluding carboxylic acids is 1. The minimum absolute atomic E-state index is 0.00665. The third-order valence-electron chi connectivity index (χ3n) is 5.42. The zero-order chi connectivity index (χ0) is 21.6. The number of hydrazine groups is 1. The summed E-state index contributed by atoms with van der Waals surface area (Å²) in [5.74, 6) is -0.148. The second-order valence-electron chi connectivity index (χ2n) is 7.74. The van der Waals surface area contributed by atoms with Gasteiger partial charge < -0.3 is 4.74 Å². The number of unbranched alkanes of at least 4 members (excludes halogenated alkanes) is 5. The standard InChI is InChI=1S/C23H29F3N2O2/c1-2-3-4-5-6-9-16-30-21-18-11-8-7-10-17(18)12-13-19(21)22(23(24,25)26)28-15-14-20(29)27-28/h7-8,10-13,22H,2-6,9,14-16H2,1H3,(H,27,29)/t22-/m0/s1. The Hall–Kier alpha value is -2.28. The molecule has 0 bridgehead atoms. The van der Waals surface area contributed by atoms with Gasteiger partial charge in [0.1, 0.15) is 5.75 Å². The lowest BCUT2D eigenvalue weighted by Crippen LogP contribution is -2.43. The first-order valence-corrected chi connectivity index (χ1v) is 10.7. The lowest BCUT2D eigenvalue weighted by atomic mass is 9.99. The second-order valence-corrected chi connectivity index (χ2v) is 7.74. The summed E-state index contributed by atoms with van der Waals surface area (Å²) in [6.45, 7) is 2.53. The van der Waals surface area contributed by atoms with E-state index in [1.165, 1.54) is 25.3 Å². The van der Waals surface area contributed by atoms with Crippen LogP contribution >= 0.6 is 0 Å². The van der Waals surface area contributed by atoms with Gasteiger partial charge in [0, 0.05) is 23.9 Å². The van der Waals surface area contributed by atoms with E-state index in [-0.39, 0.29) is 24.3 Å². The van der Waals surface area contributed by atoms with E-state index in [4.69, 9.17) is 4.74 Å². The topological polar surface area (TPSA) is 41.6 Å². The fraction of sp³-hybridized carbons (Fsp3) is 0.522. The average molecular weight is 422 g/mol. The molecule has 0 unspecified atom stereocenters. The summed E-state index contributed by atoms with van der Waals surface area (Å²) in [4.78, 5) is 11.6. The summed E-state index contributed by atoms with van der Waals surface area (Å²) in [6.07, 6.45) is 1.91. The van der Waals surface area contributed by atoms with Gasteiger partial charge in [-0.2, -0.15) is 13.2 Å². The Morgan fingerprint density at radius 3 is 2.50 bits per heavy atom. The van der Waals surface area contributed by atoms with E-state index in [2.05, 4.69) is 12.3 Å². The normalized spacial score (nSPS) is 16.1. The number of carbonyl (C=O) groups is 1. The van der Waals surface area contributed by atoms with Gasteiger partial charge in [0.2, 0.25) is 5.91 Å². The van der Waals surface area contributed by atoms with Crippen molar-refractivity contribution in [3.05, 3.63) is 42.0 Å². The Morgan fingerprint density at radius 1 is 1.07 bits per heavy atom. The maximum absolute atomic E-state index is 14.1. The summed E-state index contributed by atoms with van der Waals surface area (Å²) in [5, 5.41) is 2.45. The molecular formula is C23H29F3N2O2. The number of alkyl halides is 3. The quantitative estimate of drug-likeness (QED) is 0.483. The summed E-state index contributed by atoms with van der Waals surface area (Å²) in [7, 11) is 0. The number of amides is 1. The number of nitrogens with zero attached hydrogens (tertiary/aromatic N) is 1. The SMILES string of the molecule is CCCCCCCCOc1c([C@H](N2CCC(=O)N2)C(F)(F)F)ccc2ccccc12. The Kier molecular flexibility index (Phi) is 7.58. The molecule has 0 radical (unpaired) electrons. The minimum atomic E-state index is -4.56. The fourth-order valence-corrected chi connectivity index (χ4v) is 3.90. The number of fused-ring (bicyclic) bond motifs is 1.